The quantitative estimate of drug-likeness (QED) is 0.667. The summed E-state index contributed by atoms with van der Waals surface area (Å²) in [6.07, 6.45) is 6.51. The molecule has 0 aromatic rings. The van der Waals surface area contributed by atoms with Crippen molar-refractivity contribution in [2.45, 2.75) is 52.4 Å². The van der Waals surface area contributed by atoms with Crippen molar-refractivity contribution in [2.24, 2.45) is 11.3 Å². The number of hydrogen-bond donors (Lipinski definition) is 0. The summed E-state index contributed by atoms with van der Waals surface area (Å²) >= 11 is 3.49. The Hall–Kier alpha value is 0.430. The second kappa shape index (κ2) is 6.55. The normalized spacial score (nSPS) is 18.8. The minimum Gasteiger partial charge on any atom is -0.229 e. The zero-order valence-corrected chi connectivity index (χ0v) is 13.4. The molecular weight excluding hydrogens is 300 g/mol. The van der Waals surface area contributed by atoms with E-state index in [9.17, 15) is 8.42 Å². The van der Waals surface area contributed by atoms with Gasteiger partial charge in [0.25, 0.3) is 0 Å². The molecule has 0 radical (unpaired) electrons. The van der Waals surface area contributed by atoms with Crippen LogP contribution in [0.4, 0.5) is 0 Å². The van der Waals surface area contributed by atoms with Gasteiger partial charge in [0, 0.05) is 5.33 Å². The highest BCUT2D eigenvalue weighted by molar-refractivity contribution is 9.09. The Morgan fingerprint density at radius 2 is 1.71 bits per heavy atom. The van der Waals surface area contributed by atoms with Gasteiger partial charge >= 0.3 is 0 Å². The lowest BCUT2D eigenvalue weighted by Crippen LogP contribution is -2.33. The van der Waals surface area contributed by atoms with Crippen molar-refractivity contribution in [2.75, 3.05) is 16.8 Å². The molecule has 0 aliphatic heterocycles. The third-order valence-corrected chi connectivity index (χ3v) is 7.49. The molecule has 0 atom stereocenters. The molecule has 4 heteroatoms. The van der Waals surface area contributed by atoms with Crippen LogP contribution in [0.25, 0.3) is 0 Å². The van der Waals surface area contributed by atoms with Crippen molar-refractivity contribution in [1.82, 2.24) is 0 Å². The van der Waals surface area contributed by atoms with Crippen molar-refractivity contribution in [3.05, 3.63) is 0 Å². The molecule has 1 fully saturated rings. The predicted molar refractivity (Wildman–Crippen MR) is 77.4 cm³/mol. The molecule has 0 heterocycles. The van der Waals surface area contributed by atoms with E-state index < -0.39 is 9.84 Å². The highest BCUT2D eigenvalue weighted by atomic mass is 79.9. The lowest BCUT2D eigenvalue weighted by molar-refractivity contribution is 0.350. The van der Waals surface area contributed by atoms with Gasteiger partial charge in [-0.05, 0) is 37.0 Å². The summed E-state index contributed by atoms with van der Waals surface area (Å²) in [5.41, 5.74) is -0.0581. The first-order valence-electron chi connectivity index (χ1n) is 6.73. The monoisotopic (exact) mass is 324 g/mol. The third-order valence-electron chi connectivity index (χ3n) is 4.27. The number of sulfone groups is 1. The summed E-state index contributed by atoms with van der Waals surface area (Å²) < 4.78 is 24.5. The summed E-state index contributed by atoms with van der Waals surface area (Å²) in [6, 6.07) is 0. The van der Waals surface area contributed by atoms with Crippen LogP contribution in [0.3, 0.4) is 0 Å². The zero-order chi connectivity index (χ0) is 12.9. The minimum atomic E-state index is -2.89. The second-order valence-corrected chi connectivity index (χ2v) is 8.22. The van der Waals surface area contributed by atoms with E-state index in [4.69, 9.17) is 0 Å². The Morgan fingerprint density at radius 3 is 2.12 bits per heavy atom. The fourth-order valence-electron chi connectivity index (χ4n) is 2.74. The first kappa shape index (κ1) is 15.5. The average molecular weight is 325 g/mol. The van der Waals surface area contributed by atoms with E-state index in [-0.39, 0.29) is 5.41 Å². The highest BCUT2D eigenvalue weighted by Crippen LogP contribution is 2.33. The van der Waals surface area contributed by atoms with E-state index >= 15 is 0 Å². The molecule has 1 rings (SSSR count). The van der Waals surface area contributed by atoms with Gasteiger partial charge in [0.1, 0.15) is 0 Å². The van der Waals surface area contributed by atoms with Crippen molar-refractivity contribution >= 4 is 25.8 Å². The van der Waals surface area contributed by atoms with E-state index in [0.29, 0.717) is 17.4 Å². The van der Waals surface area contributed by atoms with Crippen LogP contribution < -0.4 is 0 Å². The van der Waals surface area contributed by atoms with E-state index in [1.165, 1.54) is 12.8 Å². The number of rotatable bonds is 7. The topological polar surface area (TPSA) is 34.1 Å². The molecule has 1 aliphatic rings. The van der Waals surface area contributed by atoms with E-state index in [2.05, 4.69) is 29.8 Å². The van der Waals surface area contributed by atoms with E-state index in [1.807, 2.05) is 0 Å². The van der Waals surface area contributed by atoms with Gasteiger partial charge in [-0.25, -0.2) is 8.42 Å². The zero-order valence-electron chi connectivity index (χ0n) is 11.0. The maximum Gasteiger partial charge on any atom is 0.151 e. The van der Waals surface area contributed by atoms with E-state index in [1.54, 1.807) is 0 Å². The summed E-state index contributed by atoms with van der Waals surface area (Å²) in [4.78, 5) is 0. The van der Waals surface area contributed by atoms with Crippen molar-refractivity contribution in [1.29, 1.82) is 0 Å². The minimum absolute atomic E-state index is 0.0581. The van der Waals surface area contributed by atoms with Crippen LogP contribution in [0, 0.1) is 11.3 Å². The molecule has 0 aromatic heterocycles. The summed E-state index contributed by atoms with van der Waals surface area (Å²) in [7, 11) is -2.89. The van der Waals surface area contributed by atoms with Gasteiger partial charge in [-0.1, -0.05) is 42.6 Å². The maximum atomic E-state index is 12.3. The van der Waals surface area contributed by atoms with Gasteiger partial charge in [-0.2, -0.15) is 0 Å². The number of alkyl halides is 1. The molecule has 0 spiro atoms. The van der Waals surface area contributed by atoms with Crippen molar-refractivity contribution in [3.63, 3.8) is 0 Å². The lowest BCUT2D eigenvalue weighted by Gasteiger charge is -2.29. The summed E-state index contributed by atoms with van der Waals surface area (Å²) in [5.74, 6) is 1.21. The van der Waals surface area contributed by atoms with E-state index in [0.717, 1.165) is 31.0 Å². The summed E-state index contributed by atoms with van der Waals surface area (Å²) in [6.45, 7) is 4.19. The fourth-order valence-corrected chi connectivity index (χ4v) is 6.61. The largest absolute Gasteiger partial charge is 0.229 e. The first-order valence-corrected chi connectivity index (χ1v) is 9.67. The molecule has 0 bridgehead atoms. The SMILES string of the molecule is CCC(CC)(CBr)CS(=O)(=O)CC1CCCC1. The first-order chi connectivity index (χ1) is 7.97. The molecule has 0 saturated heterocycles. The van der Waals surface area contributed by atoms with Gasteiger partial charge < -0.3 is 0 Å². The number of halogens is 1. The Kier molecular flexibility index (Phi) is 5.97. The molecular formula is C13H25BrO2S. The molecule has 0 N–H and O–H groups in total. The molecule has 0 amide bonds. The fraction of sp³-hybridized carbons (Fsp3) is 1.00. The van der Waals surface area contributed by atoms with Crippen molar-refractivity contribution in [3.8, 4) is 0 Å². The van der Waals surface area contributed by atoms with Crippen LogP contribution in [-0.2, 0) is 9.84 Å². The van der Waals surface area contributed by atoms with Gasteiger partial charge in [-0.15, -0.1) is 0 Å². The molecule has 0 aromatic carbocycles. The standard InChI is InChI=1S/C13H25BrO2S/c1-3-13(4-2,10-14)11-17(15,16)9-12-7-5-6-8-12/h12H,3-11H2,1-2H3. The average Bonchev–Trinajstić information content (AvgIpc) is 2.78. The van der Waals surface area contributed by atoms with Gasteiger partial charge in [0.2, 0.25) is 0 Å². The number of hydrogen-bond acceptors (Lipinski definition) is 2. The molecule has 17 heavy (non-hydrogen) atoms. The second-order valence-electron chi connectivity index (χ2n) is 5.55. The van der Waals surface area contributed by atoms with Crippen LogP contribution in [0.1, 0.15) is 52.4 Å². The summed E-state index contributed by atoms with van der Waals surface area (Å²) in [5, 5.41) is 0.789. The highest BCUT2D eigenvalue weighted by Gasteiger charge is 2.33. The lowest BCUT2D eigenvalue weighted by atomic mass is 9.87. The maximum absolute atomic E-state index is 12.3. The Bertz CT molecular complexity index is 306. The van der Waals surface area contributed by atoms with Crippen LogP contribution in [-0.4, -0.2) is 25.3 Å². The molecule has 1 saturated carbocycles. The Balaban J connectivity index is 2.63. The van der Waals surface area contributed by atoms with Crippen LogP contribution in [0.2, 0.25) is 0 Å². The molecule has 2 nitrogen and oxygen atoms in total. The Morgan fingerprint density at radius 1 is 1.18 bits per heavy atom. The van der Waals surface area contributed by atoms with Gasteiger partial charge in [0.05, 0.1) is 11.5 Å². The molecule has 1 aliphatic carbocycles. The van der Waals surface area contributed by atoms with Crippen molar-refractivity contribution < 1.29 is 8.42 Å². The van der Waals surface area contributed by atoms with Crippen LogP contribution >= 0.6 is 15.9 Å². The smallest absolute Gasteiger partial charge is 0.151 e. The van der Waals surface area contributed by atoms with Gasteiger partial charge in [0.15, 0.2) is 9.84 Å². The third kappa shape index (κ3) is 4.55. The van der Waals surface area contributed by atoms with Crippen LogP contribution in [0.15, 0.2) is 0 Å². The molecule has 0 unspecified atom stereocenters. The molecule has 102 valence electrons. The Labute approximate surface area is 115 Å². The van der Waals surface area contributed by atoms with Gasteiger partial charge in [-0.3, -0.25) is 0 Å². The van der Waals surface area contributed by atoms with Crippen LogP contribution in [0.5, 0.6) is 0 Å². The predicted octanol–water partition coefficient (Wildman–Crippen LogP) is 3.79.